The van der Waals surface area contributed by atoms with Gasteiger partial charge in [-0.1, -0.05) is 26.2 Å². The number of carbonyl (C=O) groups excluding carboxylic acids is 1. The van der Waals surface area contributed by atoms with Crippen LogP contribution in [0.5, 0.6) is 0 Å². The maximum Gasteiger partial charge on any atom is 0.220 e. The third-order valence-corrected chi connectivity index (χ3v) is 3.67. The van der Waals surface area contributed by atoms with Crippen LogP contribution in [-0.2, 0) is 4.79 Å². The van der Waals surface area contributed by atoms with Crippen molar-refractivity contribution in [2.45, 2.75) is 83.8 Å². The fraction of sp³-hybridized carbons (Fsp3) is 0.929. The number of hydrogen-bond donors (Lipinski definition) is 2. The summed E-state index contributed by atoms with van der Waals surface area (Å²) in [4.78, 5) is 11.8. The van der Waals surface area contributed by atoms with E-state index in [-0.39, 0.29) is 5.91 Å². The number of hydrogen-bond acceptors (Lipinski definition) is 2. The molecule has 0 aromatic carbocycles. The fourth-order valence-corrected chi connectivity index (χ4v) is 2.52. The molecule has 3 unspecified atom stereocenters. The van der Waals surface area contributed by atoms with Gasteiger partial charge in [0.15, 0.2) is 0 Å². The average molecular weight is 240 g/mol. The Hall–Kier alpha value is -0.570. The van der Waals surface area contributed by atoms with Crippen molar-refractivity contribution in [1.29, 1.82) is 0 Å². The molecule has 1 heterocycles. The first-order valence-corrected chi connectivity index (χ1v) is 7.19. The van der Waals surface area contributed by atoms with Crippen molar-refractivity contribution in [3.8, 4) is 0 Å². The Balaban J connectivity index is 2.17. The van der Waals surface area contributed by atoms with E-state index >= 15 is 0 Å². The van der Waals surface area contributed by atoms with Crippen molar-refractivity contribution in [1.82, 2.24) is 10.6 Å². The van der Waals surface area contributed by atoms with E-state index in [1.54, 1.807) is 0 Å². The largest absolute Gasteiger partial charge is 0.352 e. The summed E-state index contributed by atoms with van der Waals surface area (Å²) in [5.41, 5.74) is 0. The molecule has 1 amide bonds. The van der Waals surface area contributed by atoms with Crippen molar-refractivity contribution in [2.75, 3.05) is 0 Å². The molecule has 0 bridgehead atoms. The van der Waals surface area contributed by atoms with Gasteiger partial charge in [0.25, 0.3) is 0 Å². The Labute approximate surface area is 106 Å². The van der Waals surface area contributed by atoms with Gasteiger partial charge in [-0.25, -0.2) is 0 Å². The van der Waals surface area contributed by atoms with Crippen LogP contribution in [0.2, 0.25) is 0 Å². The van der Waals surface area contributed by atoms with Crippen molar-refractivity contribution in [3.63, 3.8) is 0 Å². The lowest BCUT2D eigenvalue weighted by atomic mass is 9.95. The second-order valence-electron chi connectivity index (χ2n) is 5.42. The van der Waals surface area contributed by atoms with Gasteiger partial charge in [-0.15, -0.1) is 0 Å². The van der Waals surface area contributed by atoms with Crippen LogP contribution in [0, 0.1) is 0 Å². The molecule has 0 aliphatic carbocycles. The van der Waals surface area contributed by atoms with Gasteiger partial charge in [-0.3, -0.25) is 4.79 Å². The lowest BCUT2D eigenvalue weighted by molar-refractivity contribution is -0.122. The van der Waals surface area contributed by atoms with Gasteiger partial charge in [-0.05, 0) is 33.1 Å². The van der Waals surface area contributed by atoms with E-state index in [2.05, 4.69) is 31.4 Å². The Morgan fingerprint density at radius 1 is 1.24 bits per heavy atom. The quantitative estimate of drug-likeness (QED) is 0.701. The van der Waals surface area contributed by atoms with Crippen molar-refractivity contribution in [2.24, 2.45) is 0 Å². The molecule has 2 N–H and O–H groups in total. The average Bonchev–Trinajstić information content (AvgIpc) is 2.28. The minimum absolute atomic E-state index is 0.231. The number of nitrogens with one attached hydrogen (secondary N) is 2. The highest BCUT2D eigenvalue weighted by molar-refractivity contribution is 5.76. The molecule has 0 spiro atoms. The Bertz CT molecular complexity index is 230. The molecule has 100 valence electrons. The smallest absolute Gasteiger partial charge is 0.220 e. The maximum absolute atomic E-state index is 11.8. The monoisotopic (exact) mass is 240 g/mol. The number of amides is 1. The van der Waals surface area contributed by atoms with Crippen LogP contribution in [0.4, 0.5) is 0 Å². The van der Waals surface area contributed by atoms with Gasteiger partial charge in [0.1, 0.15) is 0 Å². The molecule has 1 fully saturated rings. The predicted octanol–water partition coefficient (Wildman–Crippen LogP) is 2.60. The summed E-state index contributed by atoms with van der Waals surface area (Å²) in [7, 11) is 0. The number of rotatable bonds is 6. The standard InChI is InChI=1S/C14H28N2O/c1-4-5-6-7-8-14(17)16-13-10-9-11(2)15-12(13)3/h11-13,15H,4-10H2,1-3H3,(H,16,17). The van der Waals surface area contributed by atoms with Gasteiger partial charge < -0.3 is 10.6 Å². The molecule has 1 rings (SSSR count). The topological polar surface area (TPSA) is 41.1 Å². The first-order chi connectivity index (χ1) is 8.13. The lowest BCUT2D eigenvalue weighted by Crippen LogP contribution is -2.54. The third-order valence-electron chi connectivity index (χ3n) is 3.67. The first-order valence-electron chi connectivity index (χ1n) is 7.19. The number of piperidine rings is 1. The molecule has 3 heteroatoms. The van der Waals surface area contributed by atoms with Gasteiger partial charge in [0, 0.05) is 24.5 Å². The third kappa shape index (κ3) is 5.53. The summed E-state index contributed by atoms with van der Waals surface area (Å²) in [6.07, 6.45) is 7.64. The molecule has 0 saturated carbocycles. The second-order valence-corrected chi connectivity index (χ2v) is 5.42. The Morgan fingerprint density at radius 3 is 2.65 bits per heavy atom. The van der Waals surface area contributed by atoms with E-state index < -0.39 is 0 Å². The lowest BCUT2D eigenvalue weighted by Gasteiger charge is -2.34. The molecule has 0 aromatic rings. The normalized spacial score (nSPS) is 29.0. The van der Waals surface area contributed by atoms with E-state index in [9.17, 15) is 4.79 Å². The van der Waals surface area contributed by atoms with E-state index in [4.69, 9.17) is 0 Å². The van der Waals surface area contributed by atoms with E-state index in [0.717, 1.165) is 19.3 Å². The summed E-state index contributed by atoms with van der Waals surface area (Å²) < 4.78 is 0. The van der Waals surface area contributed by atoms with Gasteiger partial charge in [0.05, 0.1) is 0 Å². The molecular formula is C14H28N2O. The molecule has 0 radical (unpaired) electrons. The van der Waals surface area contributed by atoms with Crippen LogP contribution in [0.3, 0.4) is 0 Å². The van der Waals surface area contributed by atoms with Gasteiger partial charge in [-0.2, -0.15) is 0 Å². The van der Waals surface area contributed by atoms with E-state index in [0.29, 0.717) is 24.5 Å². The molecule has 17 heavy (non-hydrogen) atoms. The minimum Gasteiger partial charge on any atom is -0.352 e. The molecule has 1 saturated heterocycles. The first kappa shape index (κ1) is 14.5. The highest BCUT2D eigenvalue weighted by atomic mass is 16.1. The Morgan fingerprint density at radius 2 is 2.00 bits per heavy atom. The van der Waals surface area contributed by atoms with Crippen LogP contribution < -0.4 is 10.6 Å². The van der Waals surface area contributed by atoms with E-state index in [1.165, 1.54) is 19.3 Å². The summed E-state index contributed by atoms with van der Waals surface area (Å²) in [6.45, 7) is 6.56. The maximum atomic E-state index is 11.8. The van der Waals surface area contributed by atoms with E-state index in [1.807, 2.05) is 0 Å². The zero-order chi connectivity index (χ0) is 12.7. The number of unbranched alkanes of at least 4 members (excludes halogenated alkanes) is 3. The molecule has 1 aliphatic rings. The van der Waals surface area contributed by atoms with Crippen LogP contribution in [-0.4, -0.2) is 24.0 Å². The molecular weight excluding hydrogens is 212 g/mol. The highest BCUT2D eigenvalue weighted by Crippen LogP contribution is 2.13. The molecule has 3 atom stereocenters. The van der Waals surface area contributed by atoms with Crippen LogP contribution in [0.15, 0.2) is 0 Å². The number of carbonyl (C=O) groups is 1. The molecule has 0 aromatic heterocycles. The van der Waals surface area contributed by atoms with Crippen molar-refractivity contribution < 1.29 is 4.79 Å². The highest BCUT2D eigenvalue weighted by Gasteiger charge is 2.25. The van der Waals surface area contributed by atoms with Crippen LogP contribution >= 0.6 is 0 Å². The molecule has 3 nitrogen and oxygen atoms in total. The summed E-state index contributed by atoms with van der Waals surface area (Å²) in [5.74, 6) is 0.231. The van der Waals surface area contributed by atoms with Crippen LogP contribution in [0.1, 0.15) is 65.7 Å². The predicted molar refractivity (Wildman–Crippen MR) is 72.0 cm³/mol. The molecule has 1 aliphatic heterocycles. The van der Waals surface area contributed by atoms with Gasteiger partial charge in [0.2, 0.25) is 5.91 Å². The second kappa shape index (κ2) is 7.70. The Kier molecular flexibility index (Phi) is 6.56. The SMILES string of the molecule is CCCCCCC(=O)NC1CCC(C)NC1C. The van der Waals surface area contributed by atoms with Crippen molar-refractivity contribution >= 4 is 5.91 Å². The van der Waals surface area contributed by atoms with Crippen molar-refractivity contribution in [3.05, 3.63) is 0 Å². The summed E-state index contributed by atoms with van der Waals surface area (Å²) in [5, 5.41) is 6.66. The van der Waals surface area contributed by atoms with Gasteiger partial charge >= 0.3 is 0 Å². The summed E-state index contributed by atoms with van der Waals surface area (Å²) >= 11 is 0. The van der Waals surface area contributed by atoms with Crippen LogP contribution in [0.25, 0.3) is 0 Å². The summed E-state index contributed by atoms with van der Waals surface area (Å²) in [6, 6.07) is 1.31. The minimum atomic E-state index is 0.231. The zero-order valence-electron chi connectivity index (χ0n) is 11.6. The fourth-order valence-electron chi connectivity index (χ4n) is 2.52. The zero-order valence-corrected chi connectivity index (χ0v) is 11.6.